The molecule has 0 saturated carbocycles. The third-order valence-electron chi connectivity index (χ3n) is 3.80. The molecule has 1 amide bonds. The molecule has 0 radical (unpaired) electrons. The Bertz CT molecular complexity index is 929. The highest BCUT2D eigenvalue weighted by Crippen LogP contribution is 2.20. The van der Waals surface area contributed by atoms with Gasteiger partial charge >= 0.3 is 6.18 Å². The molecule has 0 aliphatic rings. The van der Waals surface area contributed by atoms with Gasteiger partial charge in [-0.1, -0.05) is 18.2 Å². The van der Waals surface area contributed by atoms with Crippen LogP contribution in [0.1, 0.15) is 18.9 Å². The summed E-state index contributed by atoms with van der Waals surface area (Å²) in [6.07, 6.45) is -4.02. The van der Waals surface area contributed by atoms with E-state index in [0.29, 0.717) is 24.5 Å². The van der Waals surface area contributed by atoms with Gasteiger partial charge in [0.2, 0.25) is 15.9 Å². The molecule has 0 aliphatic carbocycles. The molecule has 2 N–H and O–H groups in total. The van der Waals surface area contributed by atoms with Gasteiger partial charge in [-0.2, -0.15) is 13.2 Å². The lowest BCUT2D eigenvalue weighted by atomic mass is 10.1. The topological polar surface area (TPSA) is 84.5 Å². The Kier molecular flexibility index (Phi) is 7.63. The van der Waals surface area contributed by atoms with E-state index in [2.05, 4.69) is 5.32 Å². The summed E-state index contributed by atoms with van der Waals surface area (Å²) in [7, 11) is -4.29. The quantitative estimate of drug-likeness (QED) is 0.638. The molecule has 0 saturated heterocycles. The second kappa shape index (κ2) is 9.75. The van der Waals surface area contributed by atoms with Crippen LogP contribution in [-0.4, -0.2) is 33.7 Å². The predicted octanol–water partition coefficient (Wildman–Crippen LogP) is 3.50. The molecule has 0 atom stereocenters. The van der Waals surface area contributed by atoms with E-state index >= 15 is 0 Å². The minimum absolute atomic E-state index is 0.178. The number of hydrogen-bond donors (Lipinski definition) is 2. The molecule has 2 rings (SSSR count). The van der Waals surface area contributed by atoms with E-state index in [1.807, 2.05) is 31.2 Å². The summed E-state index contributed by atoms with van der Waals surface area (Å²) < 4.78 is 67.2. The first-order valence-corrected chi connectivity index (χ1v) is 10.3. The van der Waals surface area contributed by atoms with E-state index in [1.54, 1.807) is 0 Å². The average Bonchev–Trinajstić information content (AvgIpc) is 2.66. The van der Waals surface area contributed by atoms with Crippen LogP contribution in [0, 0.1) is 0 Å². The molecular weight excluding hydrogens is 409 g/mol. The molecule has 158 valence electrons. The van der Waals surface area contributed by atoms with Crippen molar-refractivity contribution in [2.24, 2.45) is 0 Å². The Morgan fingerprint density at radius 2 is 1.72 bits per heavy atom. The highest BCUT2D eigenvalue weighted by molar-refractivity contribution is 7.89. The number of hydrogen-bond acceptors (Lipinski definition) is 4. The first-order valence-electron chi connectivity index (χ1n) is 8.78. The molecule has 10 heteroatoms. The number of benzene rings is 2. The fourth-order valence-electron chi connectivity index (χ4n) is 2.46. The van der Waals surface area contributed by atoms with Crippen LogP contribution in [-0.2, 0) is 21.2 Å². The zero-order valence-corrected chi connectivity index (χ0v) is 16.4. The number of carbonyl (C=O) groups is 1. The van der Waals surface area contributed by atoms with Crippen molar-refractivity contribution in [2.45, 2.75) is 30.8 Å². The van der Waals surface area contributed by atoms with Gasteiger partial charge < -0.3 is 10.1 Å². The van der Waals surface area contributed by atoms with Gasteiger partial charge in [-0.15, -0.1) is 0 Å². The zero-order chi connectivity index (χ0) is 21.5. The van der Waals surface area contributed by atoms with E-state index < -0.39 is 22.7 Å². The Morgan fingerprint density at radius 1 is 1.07 bits per heavy atom. The Labute approximate surface area is 167 Å². The van der Waals surface area contributed by atoms with Crippen LogP contribution in [0.5, 0.6) is 5.75 Å². The summed E-state index contributed by atoms with van der Waals surface area (Å²) in [4.78, 5) is 11.8. The number of alkyl halides is 3. The van der Waals surface area contributed by atoms with Gasteiger partial charge in [-0.05, 0) is 49.2 Å². The number of carbonyl (C=O) groups excluding carboxylic acids is 1. The van der Waals surface area contributed by atoms with E-state index in [9.17, 15) is 26.4 Å². The molecule has 0 spiro atoms. The minimum Gasteiger partial charge on any atom is -0.494 e. The number of halogens is 3. The van der Waals surface area contributed by atoms with Crippen LogP contribution in [0.3, 0.4) is 0 Å². The van der Waals surface area contributed by atoms with E-state index in [-0.39, 0.29) is 17.2 Å². The number of rotatable bonds is 9. The molecule has 29 heavy (non-hydrogen) atoms. The Hall–Kier alpha value is -2.59. The highest BCUT2D eigenvalue weighted by Gasteiger charge is 2.30. The third kappa shape index (κ3) is 7.39. The Morgan fingerprint density at radius 3 is 2.34 bits per heavy atom. The second-order valence-electron chi connectivity index (χ2n) is 6.05. The maximum absolute atomic E-state index is 12.2. The molecule has 0 heterocycles. The summed E-state index contributed by atoms with van der Waals surface area (Å²) in [5.41, 5.74) is 1.23. The number of ether oxygens (including phenoxy) is 1. The van der Waals surface area contributed by atoms with Crippen LogP contribution in [0.15, 0.2) is 53.4 Å². The molecule has 0 aliphatic heterocycles. The number of aryl methyl sites for hydroxylation is 1. The van der Waals surface area contributed by atoms with Crippen LogP contribution in [0.25, 0.3) is 0 Å². The molecule has 6 nitrogen and oxygen atoms in total. The first-order chi connectivity index (χ1) is 13.6. The number of nitrogens with one attached hydrogen (secondary N) is 2. The summed E-state index contributed by atoms with van der Waals surface area (Å²) >= 11 is 0. The fourth-order valence-corrected chi connectivity index (χ4v) is 3.47. The summed E-state index contributed by atoms with van der Waals surface area (Å²) in [6.45, 7) is 0.722. The fraction of sp³-hybridized carbons (Fsp3) is 0.316. The van der Waals surface area contributed by atoms with Crippen molar-refractivity contribution in [1.82, 2.24) is 4.72 Å². The normalized spacial score (nSPS) is 11.9. The van der Waals surface area contributed by atoms with Crippen molar-refractivity contribution < 1.29 is 31.1 Å². The highest BCUT2D eigenvalue weighted by atomic mass is 32.2. The molecule has 0 unspecified atom stereocenters. The lowest BCUT2D eigenvalue weighted by Crippen LogP contribution is -2.33. The van der Waals surface area contributed by atoms with Crippen LogP contribution < -0.4 is 14.8 Å². The van der Waals surface area contributed by atoms with Crippen molar-refractivity contribution in [2.75, 3.05) is 18.5 Å². The third-order valence-corrected chi connectivity index (χ3v) is 5.22. The van der Waals surface area contributed by atoms with Crippen molar-refractivity contribution in [3.63, 3.8) is 0 Å². The lowest BCUT2D eigenvalue weighted by Gasteiger charge is -2.11. The van der Waals surface area contributed by atoms with E-state index in [4.69, 9.17) is 4.74 Å². The second-order valence-corrected chi connectivity index (χ2v) is 7.82. The zero-order valence-electron chi connectivity index (χ0n) is 15.6. The molecular formula is C19H21F3N2O4S. The van der Waals surface area contributed by atoms with Crippen molar-refractivity contribution in [3.05, 3.63) is 54.1 Å². The number of para-hydroxylation sites is 1. The predicted molar refractivity (Wildman–Crippen MR) is 102 cm³/mol. The SMILES string of the molecule is CCOc1ccccc1CCC(=O)Nc1ccc(S(=O)(=O)NCC(F)(F)F)cc1. The van der Waals surface area contributed by atoms with Crippen LogP contribution in [0.4, 0.5) is 18.9 Å². The largest absolute Gasteiger partial charge is 0.494 e. The number of amides is 1. The minimum atomic E-state index is -4.65. The van der Waals surface area contributed by atoms with Crippen molar-refractivity contribution in [3.8, 4) is 5.75 Å². The van der Waals surface area contributed by atoms with Gasteiger partial charge in [0.05, 0.1) is 11.5 Å². The smallest absolute Gasteiger partial charge is 0.402 e. The summed E-state index contributed by atoms with van der Waals surface area (Å²) in [5, 5.41) is 2.62. The monoisotopic (exact) mass is 430 g/mol. The van der Waals surface area contributed by atoms with Gasteiger partial charge in [-0.25, -0.2) is 13.1 Å². The molecule has 0 bridgehead atoms. The lowest BCUT2D eigenvalue weighted by molar-refractivity contribution is -0.121. The summed E-state index contributed by atoms with van der Waals surface area (Å²) in [6, 6.07) is 12.3. The number of sulfonamides is 1. The molecule has 2 aromatic carbocycles. The average molecular weight is 430 g/mol. The summed E-state index contributed by atoms with van der Waals surface area (Å²) in [5.74, 6) is 0.422. The van der Waals surface area contributed by atoms with Gasteiger partial charge in [-0.3, -0.25) is 4.79 Å². The molecule has 2 aromatic rings. The number of anilines is 1. The van der Waals surface area contributed by atoms with Gasteiger partial charge in [0, 0.05) is 12.1 Å². The molecule has 0 fully saturated rings. The van der Waals surface area contributed by atoms with E-state index in [0.717, 1.165) is 17.7 Å². The van der Waals surface area contributed by atoms with Crippen LogP contribution in [0.2, 0.25) is 0 Å². The van der Waals surface area contributed by atoms with E-state index in [1.165, 1.54) is 16.9 Å². The van der Waals surface area contributed by atoms with Gasteiger partial charge in [0.15, 0.2) is 0 Å². The molecule has 0 aromatic heterocycles. The first kappa shape index (κ1) is 22.7. The maximum atomic E-state index is 12.2. The van der Waals surface area contributed by atoms with Crippen molar-refractivity contribution in [1.29, 1.82) is 0 Å². The Balaban J connectivity index is 1.93. The van der Waals surface area contributed by atoms with Gasteiger partial charge in [0.1, 0.15) is 12.3 Å². The standard InChI is InChI=1S/C19H21F3N2O4S/c1-2-28-17-6-4-3-5-14(17)7-12-18(25)24-15-8-10-16(11-9-15)29(26,27)23-13-19(20,21)22/h3-6,8-11,23H,2,7,12-13H2,1H3,(H,24,25). The van der Waals surface area contributed by atoms with Crippen molar-refractivity contribution >= 4 is 21.6 Å². The van der Waals surface area contributed by atoms with Gasteiger partial charge in [0.25, 0.3) is 0 Å². The van der Waals surface area contributed by atoms with Crippen LogP contribution >= 0.6 is 0 Å². The maximum Gasteiger partial charge on any atom is 0.402 e.